The van der Waals surface area contributed by atoms with Gasteiger partial charge in [0.25, 0.3) is 0 Å². The molecule has 0 aromatic heterocycles. The van der Waals surface area contributed by atoms with Gasteiger partial charge in [-0.25, -0.2) is 0 Å². The Morgan fingerprint density at radius 3 is 0.667 bits per heavy atom. The minimum atomic E-state index is -5.17. The Morgan fingerprint density at radius 1 is 0.667 bits per heavy atom. The Kier molecular flexibility index (Phi) is 17.3. The van der Waals surface area contributed by atoms with Gasteiger partial charge in [0.1, 0.15) is 0 Å². The molecule has 0 rings (SSSR count). The molecule has 12 heavy (non-hydrogen) atoms. The first-order chi connectivity index (χ1) is 4.00. The predicted molar refractivity (Wildman–Crippen MR) is 24.6 cm³/mol. The number of hydrogen-bond acceptors (Lipinski definition) is 8. The van der Waals surface area contributed by atoms with Crippen molar-refractivity contribution in [3.63, 3.8) is 0 Å². The van der Waals surface area contributed by atoms with Crippen LogP contribution in [0.5, 0.6) is 0 Å². The van der Waals surface area contributed by atoms with E-state index in [2.05, 4.69) is 0 Å². The Balaban J connectivity index is -0.0000000457. The topological polar surface area (TPSA) is 192 Å². The van der Waals surface area contributed by atoms with Gasteiger partial charge in [-0.2, -0.15) is 0 Å². The van der Waals surface area contributed by atoms with E-state index in [0.717, 1.165) is 0 Å². The summed E-state index contributed by atoms with van der Waals surface area (Å²) in [6, 6.07) is 0. The molecule has 0 aromatic rings. The van der Waals surface area contributed by atoms with Crippen LogP contribution in [0.4, 0.5) is 0 Å². The second kappa shape index (κ2) is 8.91. The third-order valence-electron chi connectivity index (χ3n) is 0. The average Bonchev–Trinajstić information content (AvgIpc) is 1.12. The molecule has 2 N–H and O–H groups in total. The van der Waals surface area contributed by atoms with Crippen LogP contribution in [0.15, 0.2) is 0 Å². The molecule has 0 saturated heterocycles. The minimum absolute atomic E-state index is 0. The molecule has 0 unspecified atom stereocenters. The molecule has 0 amide bonds. The van der Waals surface area contributed by atoms with Crippen molar-refractivity contribution in [2.75, 3.05) is 0 Å². The maximum atomic E-state index is 8.52. The van der Waals surface area contributed by atoms with E-state index in [1.807, 2.05) is 0 Å². The maximum absolute atomic E-state index is 8.52. The van der Waals surface area contributed by atoms with Gasteiger partial charge in [0.2, 0.25) is 0 Å². The first-order valence-corrected chi connectivity index (χ1v) is 4.00. The van der Waals surface area contributed by atoms with E-state index in [0.29, 0.717) is 0 Å². The standard InChI is InChI=1S/K.2H2O4S.H2O/c;2*1-5(2,3)4;/h;2*(H2,1,2,3,4);1H2/q+1;;;/p-4. The van der Waals surface area contributed by atoms with E-state index in [9.17, 15) is 0 Å². The van der Waals surface area contributed by atoms with Gasteiger partial charge in [-0.3, -0.25) is 16.8 Å². The Morgan fingerprint density at radius 2 is 0.667 bits per heavy atom. The van der Waals surface area contributed by atoms with Crippen LogP contribution in [0.2, 0.25) is 0 Å². The van der Waals surface area contributed by atoms with Gasteiger partial charge < -0.3 is 23.7 Å². The van der Waals surface area contributed by atoms with Gasteiger partial charge in [0, 0.05) is 20.8 Å². The first kappa shape index (κ1) is 23.3. The third kappa shape index (κ3) is 678. The fourth-order valence-corrected chi connectivity index (χ4v) is 0. The van der Waals surface area contributed by atoms with Gasteiger partial charge in [-0.15, -0.1) is 0 Å². The Bertz CT molecular complexity index is 209. The normalized spacial score (nSPS) is 9.67. The zero-order valence-corrected chi connectivity index (χ0v) is 10.3. The van der Waals surface area contributed by atoms with Crippen LogP contribution in [0.25, 0.3) is 0 Å². The second-order valence-corrected chi connectivity index (χ2v) is 2.45. The number of hydrogen-bond donors (Lipinski definition) is 0. The minimum Gasteiger partial charge on any atom is -0.759 e. The molecule has 0 aromatic carbocycles. The van der Waals surface area contributed by atoms with Crippen LogP contribution in [-0.4, -0.2) is 40.5 Å². The van der Waals surface area contributed by atoms with Gasteiger partial charge in [-0.05, 0) is 0 Å². The molecule has 0 atom stereocenters. The van der Waals surface area contributed by atoms with Gasteiger partial charge in [0.15, 0.2) is 0 Å². The molecule has 12 heteroatoms. The summed E-state index contributed by atoms with van der Waals surface area (Å²) < 4.78 is 68.2. The van der Waals surface area contributed by atoms with Crippen molar-refractivity contribution in [2.24, 2.45) is 0 Å². The van der Waals surface area contributed by atoms with Crippen LogP contribution < -0.4 is 51.4 Å². The fraction of sp³-hybridized carbons (Fsp3) is 0. The van der Waals surface area contributed by atoms with E-state index in [1.54, 1.807) is 0 Å². The summed E-state index contributed by atoms with van der Waals surface area (Å²) in [6.07, 6.45) is 0. The zero-order chi connectivity index (χ0) is 9.00. The van der Waals surface area contributed by atoms with Gasteiger partial charge >= 0.3 is 51.4 Å². The van der Waals surface area contributed by atoms with Crippen LogP contribution in [0, 0.1) is 0 Å². The SMILES string of the molecule is O.O=S(=O)([O-])[O-].O=S(=O)([O-])[O-].[K+]. The van der Waals surface area contributed by atoms with Crippen molar-refractivity contribution in [3.05, 3.63) is 0 Å². The van der Waals surface area contributed by atoms with Crippen LogP contribution in [0.1, 0.15) is 0 Å². The summed E-state index contributed by atoms with van der Waals surface area (Å²) in [5.41, 5.74) is 0. The molecular weight excluding hydrogens is 247 g/mol. The smallest absolute Gasteiger partial charge is 0.759 e. The van der Waals surface area contributed by atoms with E-state index in [1.165, 1.54) is 0 Å². The molecule has 0 fully saturated rings. The summed E-state index contributed by atoms with van der Waals surface area (Å²) in [5, 5.41) is 0. The van der Waals surface area contributed by atoms with Gasteiger partial charge in [0.05, 0.1) is 0 Å². The van der Waals surface area contributed by atoms with Crippen molar-refractivity contribution in [3.8, 4) is 0 Å². The second-order valence-electron chi connectivity index (χ2n) is 0.816. The van der Waals surface area contributed by atoms with Gasteiger partial charge in [-0.1, -0.05) is 0 Å². The Hall–Kier alpha value is 1.34. The molecule has 0 saturated carbocycles. The molecule has 0 radical (unpaired) electrons. The van der Waals surface area contributed by atoms with E-state index >= 15 is 0 Å². The fourth-order valence-electron chi connectivity index (χ4n) is 0. The Labute approximate surface area is 111 Å². The molecule has 0 aliphatic carbocycles. The summed E-state index contributed by atoms with van der Waals surface area (Å²) >= 11 is 0. The number of rotatable bonds is 0. The maximum Gasteiger partial charge on any atom is 1.00 e. The summed E-state index contributed by atoms with van der Waals surface area (Å²) in [7, 11) is -10.3. The van der Waals surface area contributed by atoms with Crippen LogP contribution >= 0.6 is 0 Å². The molecule has 0 spiro atoms. The third-order valence-corrected chi connectivity index (χ3v) is 0. The van der Waals surface area contributed by atoms with Crippen molar-refractivity contribution in [2.45, 2.75) is 0 Å². The van der Waals surface area contributed by atoms with Crippen LogP contribution in [-0.2, 0) is 20.8 Å². The molecule has 0 aliphatic heterocycles. The van der Waals surface area contributed by atoms with Crippen molar-refractivity contribution >= 4 is 20.8 Å². The van der Waals surface area contributed by atoms with E-state index in [-0.39, 0.29) is 56.9 Å². The molecule has 9 nitrogen and oxygen atoms in total. The van der Waals surface area contributed by atoms with E-state index in [4.69, 9.17) is 35.0 Å². The molecular formula is H2KO9S2-3. The molecule has 0 aliphatic rings. The summed E-state index contributed by atoms with van der Waals surface area (Å²) in [5.74, 6) is 0. The van der Waals surface area contributed by atoms with Crippen molar-refractivity contribution in [1.82, 2.24) is 0 Å². The van der Waals surface area contributed by atoms with Crippen LogP contribution in [0.3, 0.4) is 0 Å². The molecule has 0 bridgehead atoms. The van der Waals surface area contributed by atoms with Crippen molar-refractivity contribution < 1.29 is 91.9 Å². The van der Waals surface area contributed by atoms with E-state index < -0.39 is 20.8 Å². The predicted octanol–water partition coefficient (Wildman–Crippen LogP) is -6.50. The average molecular weight is 249 g/mol. The molecule has 72 valence electrons. The zero-order valence-electron chi connectivity index (χ0n) is 5.58. The summed E-state index contributed by atoms with van der Waals surface area (Å²) in [4.78, 5) is 0. The quantitative estimate of drug-likeness (QED) is 0.229. The largest absolute Gasteiger partial charge is 1.00 e. The first-order valence-electron chi connectivity index (χ1n) is 1.33. The monoisotopic (exact) mass is 249 g/mol. The summed E-state index contributed by atoms with van der Waals surface area (Å²) in [6.45, 7) is 0. The van der Waals surface area contributed by atoms with Crippen molar-refractivity contribution in [1.29, 1.82) is 0 Å². The molecule has 0 heterocycles.